The van der Waals surface area contributed by atoms with Crippen molar-refractivity contribution in [3.63, 3.8) is 0 Å². The molecule has 21 heavy (non-hydrogen) atoms. The van der Waals surface area contributed by atoms with E-state index in [-0.39, 0.29) is 0 Å². The maximum atomic E-state index is 12.3. The van der Waals surface area contributed by atoms with Crippen LogP contribution in [0.3, 0.4) is 0 Å². The quantitative estimate of drug-likeness (QED) is 0.846. The molecule has 116 valence electrons. The molecule has 0 saturated carbocycles. The highest BCUT2D eigenvalue weighted by Gasteiger charge is 2.26. The van der Waals surface area contributed by atoms with Gasteiger partial charge in [-0.1, -0.05) is 24.6 Å². The molecule has 1 N–H and O–H groups in total. The number of fused-ring (bicyclic) bond motifs is 1. The maximum absolute atomic E-state index is 12.3. The molecule has 0 aliphatic carbocycles. The molecule has 0 radical (unpaired) electrons. The normalized spacial score (nSPS) is 22.1. The van der Waals surface area contributed by atoms with E-state index >= 15 is 0 Å². The molecule has 2 unspecified atom stereocenters. The van der Waals surface area contributed by atoms with Crippen LogP contribution < -0.4 is 9.62 Å². The molecule has 5 heteroatoms. The number of piperidine rings is 1. The number of hydrogen-bond donors (Lipinski definition) is 1. The fraction of sp³-hybridized carbons (Fsp3) is 0.625. The Labute approximate surface area is 131 Å². The molecule has 4 nitrogen and oxygen atoms in total. The molecule has 0 amide bonds. The third-order valence-corrected chi connectivity index (χ3v) is 5.75. The van der Waals surface area contributed by atoms with E-state index in [1.54, 1.807) is 0 Å². The lowest BCUT2D eigenvalue weighted by molar-refractivity contribution is 0.341. The summed E-state index contributed by atoms with van der Waals surface area (Å²) < 4.78 is 17.6. The van der Waals surface area contributed by atoms with Gasteiger partial charge in [0.25, 0.3) is 0 Å². The number of nitrogens with zero attached hydrogens (tertiary/aromatic N) is 2. The third-order valence-electron chi connectivity index (χ3n) is 4.51. The SMILES string of the molecule is CC(CN[S+]([O-])N1CCCCC1)N1CCc2ccccc21. The monoisotopic (exact) mass is 307 g/mol. The Morgan fingerprint density at radius 2 is 1.95 bits per heavy atom. The lowest BCUT2D eigenvalue weighted by atomic mass is 10.2. The van der Waals surface area contributed by atoms with Crippen molar-refractivity contribution in [1.82, 2.24) is 9.03 Å². The Balaban J connectivity index is 1.51. The molecule has 1 aromatic rings. The molecule has 2 heterocycles. The summed E-state index contributed by atoms with van der Waals surface area (Å²) in [5.74, 6) is 0. The lowest BCUT2D eigenvalue weighted by Crippen LogP contribution is -2.48. The van der Waals surface area contributed by atoms with Gasteiger partial charge in [0.1, 0.15) is 11.5 Å². The molecule has 0 spiro atoms. The molecular weight excluding hydrogens is 282 g/mol. The molecule has 2 atom stereocenters. The fourth-order valence-electron chi connectivity index (χ4n) is 3.25. The van der Waals surface area contributed by atoms with E-state index in [1.807, 2.05) is 0 Å². The Bertz CT molecular complexity index is 465. The largest absolute Gasteiger partial charge is 0.579 e. The minimum Gasteiger partial charge on any atom is -0.579 e. The topological polar surface area (TPSA) is 41.6 Å². The third kappa shape index (κ3) is 3.54. The lowest BCUT2D eigenvalue weighted by Gasteiger charge is -2.30. The van der Waals surface area contributed by atoms with E-state index in [2.05, 4.69) is 45.1 Å². The zero-order valence-electron chi connectivity index (χ0n) is 12.8. The molecule has 0 bridgehead atoms. The van der Waals surface area contributed by atoms with Crippen LogP contribution in [0.5, 0.6) is 0 Å². The van der Waals surface area contributed by atoms with E-state index in [9.17, 15) is 4.55 Å². The van der Waals surface area contributed by atoms with E-state index in [1.165, 1.54) is 30.5 Å². The van der Waals surface area contributed by atoms with Crippen LogP contribution in [-0.2, 0) is 18.0 Å². The first-order chi connectivity index (χ1) is 10.3. The highest BCUT2D eigenvalue weighted by atomic mass is 32.2. The van der Waals surface area contributed by atoms with E-state index in [4.69, 9.17) is 0 Å². The maximum Gasteiger partial charge on any atom is 0.137 e. The summed E-state index contributed by atoms with van der Waals surface area (Å²) in [4.78, 5) is 2.43. The van der Waals surface area contributed by atoms with Crippen molar-refractivity contribution in [2.45, 2.75) is 38.6 Å². The second-order valence-electron chi connectivity index (χ2n) is 6.01. The van der Waals surface area contributed by atoms with Crippen LogP contribution in [0.1, 0.15) is 31.7 Å². The fourth-order valence-corrected chi connectivity index (χ4v) is 4.40. The first-order valence-corrected chi connectivity index (χ1v) is 9.11. The van der Waals surface area contributed by atoms with Gasteiger partial charge in [-0.25, -0.2) is 0 Å². The van der Waals surface area contributed by atoms with Crippen LogP contribution in [0.4, 0.5) is 5.69 Å². The van der Waals surface area contributed by atoms with Gasteiger partial charge in [0.2, 0.25) is 0 Å². The van der Waals surface area contributed by atoms with Crippen molar-refractivity contribution in [3.8, 4) is 0 Å². The van der Waals surface area contributed by atoms with Crippen molar-refractivity contribution >= 4 is 17.2 Å². The van der Waals surface area contributed by atoms with E-state index in [0.717, 1.165) is 32.6 Å². The average Bonchev–Trinajstić information content (AvgIpc) is 2.97. The zero-order chi connectivity index (χ0) is 14.7. The van der Waals surface area contributed by atoms with E-state index in [0.29, 0.717) is 6.04 Å². The number of para-hydroxylation sites is 1. The summed E-state index contributed by atoms with van der Waals surface area (Å²) >= 11 is -1.03. The standard InChI is InChI=1S/C16H25N3OS/c1-14(13-17-21(20)18-10-5-2-6-11-18)19-12-9-15-7-3-4-8-16(15)19/h3-4,7-8,14,17H,2,5-6,9-13H2,1H3. The van der Waals surface area contributed by atoms with Gasteiger partial charge in [0.05, 0.1) is 6.54 Å². The summed E-state index contributed by atoms with van der Waals surface area (Å²) in [5, 5.41) is 0. The summed E-state index contributed by atoms with van der Waals surface area (Å²) in [6.07, 6.45) is 4.73. The van der Waals surface area contributed by atoms with Gasteiger partial charge in [-0.05, 0) is 37.8 Å². The summed E-state index contributed by atoms with van der Waals surface area (Å²) in [6.45, 7) is 5.96. The molecular formula is C16H25N3OS. The molecule has 1 saturated heterocycles. The minimum absolute atomic E-state index is 0.363. The molecule has 0 aromatic heterocycles. The zero-order valence-corrected chi connectivity index (χ0v) is 13.6. The van der Waals surface area contributed by atoms with Crippen molar-refractivity contribution in [2.24, 2.45) is 0 Å². The number of nitrogens with one attached hydrogen (secondary N) is 1. The second-order valence-corrected chi connectivity index (χ2v) is 7.31. The van der Waals surface area contributed by atoms with Gasteiger partial charge in [0, 0.05) is 31.4 Å². The van der Waals surface area contributed by atoms with E-state index < -0.39 is 11.5 Å². The van der Waals surface area contributed by atoms with Gasteiger partial charge in [-0.15, -0.1) is 9.03 Å². The Hall–Kier alpha value is -0.750. The first-order valence-electron chi connectivity index (χ1n) is 8.00. The molecule has 2 aliphatic rings. The highest BCUT2D eigenvalue weighted by Crippen LogP contribution is 2.29. The number of hydrogen-bond acceptors (Lipinski definition) is 4. The van der Waals surface area contributed by atoms with Crippen molar-refractivity contribution in [1.29, 1.82) is 0 Å². The molecule has 3 rings (SSSR count). The van der Waals surface area contributed by atoms with Crippen LogP contribution >= 0.6 is 0 Å². The second kappa shape index (κ2) is 7.01. The predicted molar refractivity (Wildman–Crippen MR) is 88.5 cm³/mol. The van der Waals surface area contributed by atoms with Crippen LogP contribution in [0.15, 0.2) is 24.3 Å². The van der Waals surface area contributed by atoms with Crippen LogP contribution in [0, 0.1) is 0 Å². The Kier molecular flexibility index (Phi) is 5.06. The van der Waals surface area contributed by atoms with Crippen molar-refractivity contribution in [2.75, 3.05) is 31.1 Å². The molecule has 1 aromatic carbocycles. The minimum atomic E-state index is -1.03. The summed E-state index contributed by atoms with van der Waals surface area (Å²) in [7, 11) is 0. The van der Waals surface area contributed by atoms with Gasteiger partial charge < -0.3 is 9.45 Å². The molecule has 2 aliphatic heterocycles. The smallest absolute Gasteiger partial charge is 0.137 e. The Morgan fingerprint density at radius 3 is 2.76 bits per heavy atom. The first kappa shape index (κ1) is 15.2. The molecule has 1 fully saturated rings. The number of rotatable bonds is 5. The Morgan fingerprint density at radius 1 is 1.19 bits per heavy atom. The number of anilines is 1. The van der Waals surface area contributed by atoms with Gasteiger partial charge in [-0.3, -0.25) is 0 Å². The number of benzene rings is 1. The van der Waals surface area contributed by atoms with Gasteiger partial charge in [0.15, 0.2) is 0 Å². The van der Waals surface area contributed by atoms with Crippen LogP contribution in [0.2, 0.25) is 0 Å². The summed E-state index contributed by atoms with van der Waals surface area (Å²) in [6, 6.07) is 8.98. The van der Waals surface area contributed by atoms with Crippen molar-refractivity contribution < 1.29 is 4.55 Å². The van der Waals surface area contributed by atoms with Crippen LogP contribution in [-0.4, -0.2) is 41.1 Å². The average molecular weight is 307 g/mol. The predicted octanol–water partition coefficient (Wildman–Crippen LogP) is 2.09. The highest BCUT2D eigenvalue weighted by molar-refractivity contribution is 7.87. The van der Waals surface area contributed by atoms with Crippen molar-refractivity contribution in [3.05, 3.63) is 29.8 Å². The van der Waals surface area contributed by atoms with Gasteiger partial charge >= 0.3 is 0 Å². The van der Waals surface area contributed by atoms with Gasteiger partial charge in [-0.2, -0.15) is 0 Å². The van der Waals surface area contributed by atoms with Crippen LogP contribution in [0.25, 0.3) is 0 Å². The summed E-state index contributed by atoms with van der Waals surface area (Å²) in [5.41, 5.74) is 2.78.